The second-order valence-corrected chi connectivity index (χ2v) is 3.91. The molecule has 14 heavy (non-hydrogen) atoms. The molecular weight excluding hydrogens is 182 g/mol. The van der Waals surface area contributed by atoms with Gasteiger partial charge in [-0.15, -0.1) is 0 Å². The molecule has 0 radical (unpaired) electrons. The molecule has 0 unspecified atom stereocenters. The van der Waals surface area contributed by atoms with E-state index in [0.717, 1.165) is 12.8 Å². The third-order valence-corrected chi connectivity index (χ3v) is 2.21. The summed E-state index contributed by atoms with van der Waals surface area (Å²) in [6, 6.07) is 0.110. The number of ether oxygens (including phenoxy) is 1. The molecule has 1 aliphatic carbocycles. The first-order valence-corrected chi connectivity index (χ1v) is 5.07. The van der Waals surface area contributed by atoms with Crippen molar-refractivity contribution in [1.29, 1.82) is 0 Å². The van der Waals surface area contributed by atoms with Crippen LogP contribution in [0, 0.1) is 0 Å². The second-order valence-electron chi connectivity index (χ2n) is 3.91. The number of carbonyl (C=O) groups excluding carboxylic acids is 2. The summed E-state index contributed by atoms with van der Waals surface area (Å²) in [7, 11) is 0. The van der Waals surface area contributed by atoms with E-state index >= 15 is 0 Å². The largest absolute Gasteiger partial charge is 0.447 e. The monoisotopic (exact) mass is 199 g/mol. The molecule has 0 atom stereocenters. The fraction of sp³-hybridized carbons (Fsp3) is 0.800. The van der Waals surface area contributed by atoms with Crippen molar-refractivity contribution in [3.8, 4) is 0 Å². The van der Waals surface area contributed by atoms with Crippen LogP contribution >= 0.6 is 0 Å². The van der Waals surface area contributed by atoms with Crippen molar-refractivity contribution in [3.05, 3.63) is 0 Å². The van der Waals surface area contributed by atoms with E-state index in [1.54, 1.807) is 0 Å². The summed E-state index contributed by atoms with van der Waals surface area (Å²) in [5.41, 5.74) is 0. The van der Waals surface area contributed by atoms with Crippen molar-refractivity contribution in [2.75, 3.05) is 0 Å². The van der Waals surface area contributed by atoms with Gasteiger partial charge in [-0.25, -0.2) is 4.79 Å². The topological polar surface area (TPSA) is 55.4 Å². The zero-order valence-electron chi connectivity index (χ0n) is 8.71. The smallest absolute Gasteiger partial charge is 0.407 e. The van der Waals surface area contributed by atoms with Crippen LogP contribution in [0.5, 0.6) is 0 Å². The highest BCUT2D eigenvalue weighted by atomic mass is 16.6. The fourth-order valence-electron chi connectivity index (χ4n) is 1.50. The molecule has 1 rings (SSSR count). The molecule has 1 N–H and O–H groups in total. The van der Waals surface area contributed by atoms with E-state index in [1.807, 2.05) is 13.8 Å². The van der Waals surface area contributed by atoms with Gasteiger partial charge in [-0.1, -0.05) is 0 Å². The van der Waals surface area contributed by atoms with E-state index in [9.17, 15) is 9.59 Å². The summed E-state index contributed by atoms with van der Waals surface area (Å²) in [6.07, 6.45) is 2.16. The van der Waals surface area contributed by atoms with Gasteiger partial charge in [0.2, 0.25) is 0 Å². The third-order valence-electron chi connectivity index (χ3n) is 2.21. The number of alkyl carbamates (subject to hydrolysis) is 1. The summed E-state index contributed by atoms with van der Waals surface area (Å²) in [6.45, 7) is 3.62. The van der Waals surface area contributed by atoms with Crippen molar-refractivity contribution in [2.24, 2.45) is 0 Å². The molecule has 1 aliphatic rings. The van der Waals surface area contributed by atoms with Crippen LogP contribution in [0.3, 0.4) is 0 Å². The van der Waals surface area contributed by atoms with Gasteiger partial charge < -0.3 is 10.1 Å². The van der Waals surface area contributed by atoms with E-state index in [0.29, 0.717) is 18.6 Å². The van der Waals surface area contributed by atoms with Crippen LogP contribution in [0.4, 0.5) is 4.79 Å². The van der Waals surface area contributed by atoms with Crippen molar-refractivity contribution in [2.45, 2.75) is 51.7 Å². The lowest BCUT2D eigenvalue weighted by Gasteiger charge is -2.22. The number of hydrogen-bond donors (Lipinski definition) is 1. The number of amides is 1. The van der Waals surface area contributed by atoms with Crippen LogP contribution in [-0.4, -0.2) is 24.0 Å². The molecule has 80 valence electrons. The van der Waals surface area contributed by atoms with Gasteiger partial charge in [-0.2, -0.15) is 0 Å². The van der Waals surface area contributed by atoms with E-state index in [1.165, 1.54) is 0 Å². The third kappa shape index (κ3) is 3.77. The molecule has 0 saturated heterocycles. The Kier molecular flexibility index (Phi) is 3.92. The molecule has 0 aromatic carbocycles. The van der Waals surface area contributed by atoms with Crippen molar-refractivity contribution in [1.82, 2.24) is 5.32 Å². The Morgan fingerprint density at radius 2 is 2.00 bits per heavy atom. The number of Topliss-reactive ketones (excluding diaryl/α,β-unsaturated/α-hetero) is 1. The van der Waals surface area contributed by atoms with Gasteiger partial charge in [-0.3, -0.25) is 4.79 Å². The van der Waals surface area contributed by atoms with Crippen molar-refractivity contribution < 1.29 is 14.3 Å². The Labute approximate surface area is 84.0 Å². The summed E-state index contributed by atoms with van der Waals surface area (Å²) in [5, 5.41) is 2.76. The maximum atomic E-state index is 11.2. The first-order valence-electron chi connectivity index (χ1n) is 5.07. The molecule has 0 bridgehead atoms. The van der Waals surface area contributed by atoms with E-state index in [2.05, 4.69) is 5.32 Å². The molecule has 4 heteroatoms. The van der Waals surface area contributed by atoms with Crippen molar-refractivity contribution >= 4 is 11.9 Å². The average molecular weight is 199 g/mol. The van der Waals surface area contributed by atoms with Crippen molar-refractivity contribution in [3.63, 3.8) is 0 Å². The Balaban J connectivity index is 2.24. The predicted octanol–water partition coefficient (Wildman–Crippen LogP) is 1.63. The fourth-order valence-corrected chi connectivity index (χ4v) is 1.50. The number of hydrogen-bond acceptors (Lipinski definition) is 3. The Bertz CT molecular complexity index is 215. The number of rotatable bonds is 2. The lowest BCUT2D eigenvalue weighted by molar-refractivity contribution is -0.120. The molecule has 0 aromatic rings. The van der Waals surface area contributed by atoms with Gasteiger partial charge in [0, 0.05) is 18.9 Å². The Hall–Kier alpha value is -1.06. The standard InChI is InChI=1S/C10H17NO3/c1-7(2)14-10(13)11-8-3-5-9(12)6-4-8/h7-8H,3-6H2,1-2H3,(H,11,13). The molecule has 1 amide bonds. The molecule has 1 saturated carbocycles. The first kappa shape index (κ1) is 11.0. The normalized spacial score (nSPS) is 18.4. The Morgan fingerprint density at radius 3 is 2.50 bits per heavy atom. The van der Waals surface area contributed by atoms with Gasteiger partial charge in [0.1, 0.15) is 5.78 Å². The molecule has 0 heterocycles. The number of ketones is 1. The van der Waals surface area contributed by atoms with Crippen LogP contribution in [0.15, 0.2) is 0 Å². The molecule has 0 aromatic heterocycles. The lowest BCUT2D eigenvalue weighted by Crippen LogP contribution is -2.38. The van der Waals surface area contributed by atoms with Gasteiger partial charge in [0.15, 0.2) is 0 Å². The Morgan fingerprint density at radius 1 is 1.43 bits per heavy atom. The summed E-state index contributed by atoms with van der Waals surface area (Å²) >= 11 is 0. The summed E-state index contributed by atoms with van der Waals surface area (Å²) < 4.78 is 4.94. The molecule has 0 spiro atoms. The maximum absolute atomic E-state index is 11.2. The van der Waals surface area contributed by atoms with Crippen LogP contribution in [0.1, 0.15) is 39.5 Å². The van der Waals surface area contributed by atoms with Crippen LogP contribution in [0.25, 0.3) is 0 Å². The number of nitrogens with one attached hydrogen (secondary N) is 1. The molecule has 4 nitrogen and oxygen atoms in total. The van der Waals surface area contributed by atoms with Crippen LogP contribution in [-0.2, 0) is 9.53 Å². The van der Waals surface area contributed by atoms with Gasteiger partial charge in [-0.05, 0) is 26.7 Å². The maximum Gasteiger partial charge on any atom is 0.407 e. The number of carbonyl (C=O) groups is 2. The van der Waals surface area contributed by atoms with Crippen LogP contribution < -0.4 is 5.32 Å². The first-order chi connectivity index (χ1) is 6.58. The quantitative estimate of drug-likeness (QED) is 0.735. The lowest BCUT2D eigenvalue weighted by atomic mass is 9.95. The molecule has 1 fully saturated rings. The SMILES string of the molecule is CC(C)OC(=O)NC1CCC(=O)CC1. The van der Waals surface area contributed by atoms with Crippen LogP contribution in [0.2, 0.25) is 0 Å². The van der Waals surface area contributed by atoms with E-state index in [4.69, 9.17) is 4.74 Å². The minimum Gasteiger partial charge on any atom is -0.447 e. The summed E-state index contributed by atoms with van der Waals surface area (Å²) in [4.78, 5) is 22.1. The zero-order chi connectivity index (χ0) is 10.6. The highest BCUT2D eigenvalue weighted by Crippen LogP contribution is 2.14. The predicted molar refractivity (Wildman–Crippen MR) is 52.0 cm³/mol. The highest BCUT2D eigenvalue weighted by molar-refractivity contribution is 5.79. The summed E-state index contributed by atoms with van der Waals surface area (Å²) in [5.74, 6) is 0.292. The van der Waals surface area contributed by atoms with E-state index < -0.39 is 0 Å². The minimum absolute atomic E-state index is 0.0970. The van der Waals surface area contributed by atoms with Gasteiger partial charge in [0.05, 0.1) is 6.10 Å². The molecule has 0 aliphatic heterocycles. The minimum atomic E-state index is -0.376. The average Bonchev–Trinajstić information content (AvgIpc) is 2.07. The second kappa shape index (κ2) is 4.98. The highest BCUT2D eigenvalue weighted by Gasteiger charge is 2.20. The van der Waals surface area contributed by atoms with Gasteiger partial charge >= 0.3 is 6.09 Å². The van der Waals surface area contributed by atoms with E-state index in [-0.39, 0.29) is 18.2 Å². The van der Waals surface area contributed by atoms with Gasteiger partial charge in [0.25, 0.3) is 0 Å². The molecular formula is C10H17NO3. The zero-order valence-corrected chi connectivity index (χ0v) is 8.71.